The van der Waals surface area contributed by atoms with Crippen LogP contribution in [0.25, 0.3) is 0 Å². The molecule has 4 atom stereocenters. The highest BCUT2D eigenvalue weighted by molar-refractivity contribution is 14.1. The molecule has 0 aromatic carbocycles. The van der Waals surface area contributed by atoms with E-state index in [9.17, 15) is 5.11 Å². The van der Waals surface area contributed by atoms with Crippen LogP contribution in [0.15, 0.2) is 0 Å². The number of aliphatic hydroxyl groups excluding tert-OH is 1. The van der Waals surface area contributed by atoms with E-state index in [-0.39, 0.29) is 23.0 Å². The number of alkyl halides is 1. The maximum atomic E-state index is 9.72. The van der Waals surface area contributed by atoms with E-state index in [1.54, 1.807) is 11.8 Å². The van der Waals surface area contributed by atoms with Crippen LogP contribution in [0.2, 0.25) is 0 Å². The first-order valence-electron chi connectivity index (χ1n) is 3.49. The topological polar surface area (TPSA) is 29.5 Å². The smallest absolute Gasteiger partial charge is 0.112 e. The molecule has 0 saturated carbocycles. The van der Waals surface area contributed by atoms with E-state index >= 15 is 0 Å². The Labute approximate surface area is 85.0 Å². The van der Waals surface area contributed by atoms with Gasteiger partial charge in [-0.2, -0.15) is 11.8 Å². The largest absolute Gasteiger partial charge is 0.389 e. The molecular weight excluding hydrogens is 274 g/mol. The van der Waals surface area contributed by atoms with Crippen molar-refractivity contribution >= 4 is 42.2 Å². The molecule has 2 rings (SSSR count). The van der Waals surface area contributed by atoms with Crippen molar-refractivity contribution in [3.63, 3.8) is 0 Å². The summed E-state index contributed by atoms with van der Waals surface area (Å²) in [6.07, 6.45) is -0.362. The molecule has 0 spiro atoms. The minimum Gasteiger partial charge on any atom is -0.389 e. The van der Waals surface area contributed by atoms with Gasteiger partial charge in [0.1, 0.15) is 13.4 Å². The monoisotopic (exact) mass is 282 g/mol. The fourth-order valence-corrected chi connectivity index (χ4v) is 4.34. The van der Waals surface area contributed by atoms with Crippen LogP contribution in [0.4, 0.5) is 0 Å². The second-order valence-electron chi connectivity index (χ2n) is 3.00. The lowest BCUT2D eigenvalue weighted by molar-refractivity contribution is -0.0264. The van der Waals surface area contributed by atoms with E-state index in [1.807, 2.05) is 0 Å². The second kappa shape index (κ2) is 2.78. The molecule has 2 aliphatic rings. The molecule has 2 fully saturated rings. The van der Waals surface area contributed by atoms with Crippen LogP contribution >= 0.6 is 34.4 Å². The maximum absolute atomic E-state index is 9.72. The first-order valence-corrected chi connectivity index (χ1v) is 6.06. The summed E-state index contributed by atoms with van der Waals surface area (Å²) in [6, 6.07) is -0.265. The van der Waals surface area contributed by atoms with Crippen LogP contribution in [0, 0.1) is 0 Å². The van der Waals surface area contributed by atoms with Crippen LogP contribution < -0.4 is 0 Å². The van der Waals surface area contributed by atoms with E-state index in [0.29, 0.717) is 0 Å². The van der Waals surface area contributed by atoms with Gasteiger partial charge in [0, 0.05) is 16.2 Å². The number of ether oxygens (including phenoxy) is 1. The van der Waals surface area contributed by atoms with Gasteiger partial charge in [-0.3, -0.25) is 0 Å². The lowest BCUT2D eigenvalue weighted by Gasteiger charge is -2.27. The molecular formula is C6H8BIO2S. The first-order chi connectivity index (χ1) is 5.19. The molecule has 2 unspecified atom stereocenters. The maximum Gasteiger partial charge on any atom is 0.112 e. The Morgan fingerprint density at radius 2 is 2.55 bits per heavy atom. The van der Waals surface area contributed by atoms with Crippen LogP contribution in [0.5, 0.6) is 0 Å². The minimum atomic E-state index is -0.362. The molecule has 1 N–H and O–H groups in total. The van der Waals surface area contributed by atoms with Gasteiger partial charge in [0.15, 0.2) is 0 Å². The quantitative estimate of drug-likeness (QED) is 0.422. The lowest BCUT2D eigenvalue weighted by Crippen LogP contribution is -2.41. The molecule has 2 bridgehead atoms. The van der Waals surface area contributed by atoms with Crippen LogP contribution in [0.1, 0.15) is 0 Å². The number of rotatable bonds is 1. The number of thioether (sulfide) groups is 1. The molecule has 2 radical (unpaired) electrons. The SMILES string of the molecule is [B][C@@H]1O[C@@]2(CI)CSC1C2O. The molecule has 60 valence electrons. The van der Waals surface area contributed by atoms with Gasteiger partial charge in [-0.25, -0.2) is 0 Å². The highest BCUT2D eigenvalue weighted by Crippen LogP contribution is 2.47. The molecule has 0 aromatic rings. The Bertz CT molecular complexity index is 182. The Morgan fingerprint density at radius 3 is 2.82 bits per heavy atom. The van der Waals surface area contributed by atoms with E-state index in [1.165, 1.54) is 0 Å². The van der Waals surface area contributed by atoms with E-state index in [2.05, 4.69) is 22.6 Å². The lowest BCUT2D eigenvalue weighted by atomic mass is 9.93. The summed E-state index contributed by atoms with van der Waals surface area (Å²) < 4.78 is 6.33. The summed E-state index contributed by atoms with van der Waals surface area (Å²) in [7, 11) is 5.66. The van der Waals surface area contributed by atoms with E-state index < -0.39 is 0 Å². The van der Waals surface area contributed by atoms with Crippen molar-refractivity contribution in [3.8, 4) is 0 Å². The summed E-state index contributed by atoms with van der Waals surface area (Å²) >= 11 is 3.97. The molecule has 0 amide bonds. The third kappa shape index (κ3) is 1.08. The fraction of sp³-hybridized carbons (Fsp3) is 1.00. The van der Waals surface area contributed by atoms with Gasteiger partial charge in [0.2, 0.25) is 0 Å². The van der Waals surface area contributed by atoms with E-state index in [4.69, 9.17) is 12.6 Å². The fourth-order valence-electron chi connectivity index (χ4n) is 1.58. The van der Waals surface area contributed by atoms with Gasteiger partial charge in [-0.05, 0) is 0 Å². The number of fused-ring (bicyclic) bond motifs is 2. The van der Waals surface area contributed by atoms with Gasteiger partial charge in [-0.15, -0.1) is 0 Å². The second-order valence-corrected chi connectivity index (χ2v) is 4.93. The van der Waals surface area contributed by atoms with Gasteiger partial charge in [-0.1, -0.05) is 22.6 Å². The average molecular weight is 282 g/mol. The Kier molecular flexibility index (Phi) is 2.19. The number of hydrogen-bond acceptors (Lipinski definition) is 3. The molecule has 5 heteroatoms. The van der Waals surface area contributed by atoms with Crippen molar-refractivity contribution in [3.05, 3.63) is 0 Å². The first kappa shape index (κ1) is 8.65. The van der Waals surface area contributed by atoms with E-state index in [0.717, 1.165) is 10.2 Å². The highest BCUT2D eigenvalue weighted by Gasteiger charge is 2.57. The number of halogens is 1. The molecule has 0 aliphatic carbocycles. The van der Waals surface area contributed by atoms with Crippen molar-refractivity contribution in [1.82, 2.24) is 0 Å². The third-order valence-electron chi connectivity index (χ3n) is 2.29. The third-order valence-corrected chi connectivity index (χ3v) is 5.15. The zero-order valence-electron chi connectivity index (χ0n) is 5.87. The summed E-state index contributed by atoms with van der Waals surface area (Å²) in [5.41, 5.74) is -0.338. The number of hydrogen-bond donors (Lipinski definition) is 1. The summed E-state index contributed by atoms with van der Waals surface area (Å²) in [4.78, 5) is 0. The Hall–Kier alpha value is 1.06. The molecule has 2 nitrogen and oxygen atoms in total. The summed E-state index contributed by atoms with van der Waals surface area (Å²) in [6.45, 7) is 0. The standard InChI is InChI=1S/C6H8BIO2S/c7-5-3-4(9)6(1-8,10-5)2-11-3/h3-5,9H,1-2H2/t3?,4?,5-,6+/m1/s1. The van der Waals surface area contributed by atoms with Crippen LogP contribution in [-0.4, -0.2) is 46.1 Å². The van der Waals surface area contributed by atoms with Gasteiger partial charge in [0.05, 0.1) is 11.4 Å². The predicted molar refractivity (Wildman–Crippen MR) is 54.5 cm³/mol. The van der Waals surface area contributed by atoms with Crippen molar-refractivity contribution in [2.24, 2.45) is 0 Å². The van der Waals surface area contributed by atoms with Crippen molar-refractivity contribution in [1.29, 1.82) is 0 Å². The summed E-state index contributed by atoms with van der Waals surface area (Å²) in [5.74, 6) is 0.884. The molecule has 11 heavy (non-hydrogen) atoms. The normalized spacial score (nSPS) is 55.3. The van der Waals surface area contributed by atoms with Crippen molar-refractivity contribution < 1.29 is 9.84 Å². The minimum absolute atomic E-state index is 0.102. The van der Waals surface area contributed by atoms with Crippen molar-refractivity contribution in [2.45, 2.75) is 23.0 Å². The van der Waals surface area contributed by atoms with Crippen molar-refractivity contribution in [2.75, 3.05) is 10.2 Å². The summed E-state index contributed by atoms with van der Waals surface area (Å²) in [5, 5.41) is 9.82. The predicted octanol–water partition coefficient (Wildman–Crippen LogP) is 0.161. The van der Waals surface area contributed by atoms with Gasteiger partial charge in [0.25, 0.3) is 0 Å². The zero-order valence-corrected chi connectivity index (χ0v) is 8.84. The number of aliphatic hydroxyl groups is 1. The molecule has 0 aromatic heterocycles. The average Bonchev–Trinajstić information content (AvgIpc) is 2.42. The molecule has 2 aliphatic heterocycles. The van der Waals surface area contributed by atoms with Gasteiger partial charge >= 0.3 is 0 Å². The van der Waals surface area contributed by atoms with Crippen LogP contribution in [0.3, 0.4) is 0 Å². The zero-order chi connectivity index (χ0) is 8.06. The Balaban J connectivity index is 2.24. The molecule has 2 heterocycles. The van der Waals surface area contributed by atoms with Gasteiger partial charge < -0.3 is 9.84 Å². The van der Waals surface area contributed by atoms with Crippen LogP contribution in [-0.2, 0) is 4.74 Å². The Morgan fingerprint density at radius 1 is 1.82 bits per heavy atom. The molecule has 2 saturated heterocycles. The highest BCUT2D eigenvalue weighted by atomic mass is 127.